The van der Waals surface area contributed by atoms with Gasteiger partial charge in [0.05, 0.1) is 13.3 Å². The second-order valence-corrected chi connectivity index (χ2v) is 6.99. The first-order valence-electron chi connectivity index (χ1n) is 9.15. The molecular formula is C23H24N2O3. The van der Waals surface area contributed by atoms with Crippen molar-refractivity contribution >= 4 is 12.1 Å². The number of phenolic OH excluding ortho intramolecular Hbond substituents is 1. The maximum Gasteiger partial charge on any atom is 0.272 e. The van der Waals surface area contributed by atoms with Crippen LogP contribution in [0.2, 0.25) is 0 Å². The molecule has 0 aliphatic heterocycles. The lowest BCUT2D eigenvalue weighted by Crippen LogP contribution is -2.17. The third-order valence-corrected chi connectivity index (χ3v) is 4.76. The fourth-order valence-electron chi connectivity index (χ4n) is 3.15. The monoisotopic (exact) mass is 376 g/mol. The molecule has 1 aromatic carbocycles. The number of carbonyl (C=O) groups is 1. The minimum atomic E-state index is -0.294. The molecule has 2 N–H and O–H groups in total. The summed E-state index contributed by atoms with van der Waals surface area (Å²) in [7, 11) is 1.48. The van der Waals surface area contributed by atoms with E-state index in [4.69, 9.17) is 4.74 Å². The number of nitrogens with zero attached hydrogens (tertiary/aromatic N) is 1. The minimum Gasteiger partial charge on any atom is -0.504 e. The van der Waals surface area contributed by atoms with Gasteiger partial charge in [0, 0.05) is 11.1 Å². The van der Waals surface area contributed by atoms with Gasteiger partial charge in [-0.2, -0.15) is 5.10 Å². The van der Waals surface area contributed by atoms with Gasteiger partial charge in [0.1, 0.15) is 0 Å². The summed E-state index contributed by atoms with van der Waals surface area (Å²) < 4.78 is 5.07. The fraction of sp³-hybridized carbons (Fsp3) is 0.217. The Kier molecular flexibility index (Phi) is 5.64. The fourth-order valence-corrected chi connectivity index (χ4v) is 3.15. The first-order valence-corrected chi connectivity index (χ1v) is 9.15. The first kappa shape index (κ1) is 19.4. The van der Waals surface area contributed by atoms with Crippen LogP contribution in [0.4, 0.5) is 0 Å². The Balaban J connectivity index is 1.87. The van der Waals surface area contributed by atoms with Gasteiger partial charge < -0.3 is 9.84 Å². The van der Waals surface area contributed by atoms with E-state index in [1.54, 1.807) is 18.2 Å². The highest BCUT2D eigenvalue weighted by molar-refractivity contribution is 6.03. The summed E-state index contributed by atoms with van der Waals surface area (Å²) in [5.74, 6) is 0.390. The third-order valence-electron chi connectivity index (χ3n) is 4.76. The van der Waals surface area contributed by atoms with Gasteiger partial charge in [-0.25, -0.2) is 5.43 Å². The quantitative estimate of drug-likeness (QED) is 0.501. The van der Waals surface area contributed by atoms with Gasteiger partial charge >= 0.3 is 0 Å². The number of hydrazone groups is 1. The number of benzene rings is 1. The Morgan fingerprint density at radius 3 is 2.61 bits per heavy atom. The summed E-state index contributed by atoms with van der Waals surface area (Å²) in [6.07, 6.45) is 1.40. The van der Waals surface area contributed by atoms with Crippen molar-refractivity contribution < 1.29 is 14.6 Å². The Morgan fingerprint density at radius 1 is 1.14 bits per heavy atom. The molecule has 0 spiro atoms. The number of para-hydroxylation sites is 1. The highest BCUT2D eigenvalue weighted by Gasteiger charge is 2.18. The highest BCUT2D eigenvalue weighted by Crippen LogP contribution is 2.33. The maximum absolute atomic E-state index is 12.7. The summed E-state index contributed by atoms with van der Waals surface area (Å²) in [6, 6.07) is 15.2. The number of hydrogen-bond donors (Lipinski definition) is 2. The van der Waals surface area contributed by atoms with E-state index in [-0.39, 0.29) is 11.7 Å². The molecule has 0 aromatic heterocycles. The van der Waals surface area contributed by atoms with Gasteiger partial charge in [-0.05, 0) is 53.3 Å². The molecule has 2 aliphatic carbocycles. The van der Waals surface area contributed by atoms with Crippen LogP contribution in [0.3, 0.4) is 0 Å². The van der Waals surface area contributed by atoms with Crippen LogP contribution in [-0.2, 0) is 0 Å². The van der Waals surface area contributed by atoms with E-state index in [0.29, 0.717) is 22.8 Å². The second-order valence-electron chi connectivity index (χ2n) is 6.99. The van der Waals surface area contributed by atoms with Crippen molar-refractivity contribution in [2.45, 2.75) is 26.7 Å². The van der Waals surface area contributed by atoms with Crippen LogP contribution < -0.4 is 10.2 Å². The number of hydrogen-bond acceptors (Lipinski definition) is 4. The molecule has 0 heterocycles. The van der Waals surface area contributed by atoms with Crippen molar-refractivity contribution in [3.8, 4) is 22.6 Å². The van der Waals surface area contributed by atoms with Crippen molar-refractivity contribution in [2.75, 3.05) is 7.11 Å². The molecule has 0 atom stereocenters. The topological polar surface area (TPSA) is 70.9 Å². The number of amides is 1. The standard InChI is InChI=1S/C23H24N2O3/c1-14(2)16-7-5-9-18-15(3)11-20(19(18)12-16)23(27)25-24-13-17-8-6-10-21(28-4)22(17)26/h5-14,26H,1-4H3,(H,25,27). The molecule has 1 aromatic rings. The lowest BCUT2D eigenvalue weighted by molar-refractivity contribution is 0.0956. The van der Waals surface area contributed by atoms with Gasteiger partial charge in [-0.3, -0.25) is 4.79 Å². The Labute approximate surface area is 165 Å². The number of carbonyl (C=O) groups excluding carboxylic acids is 1. The Bertz CT molecular complexity index is 1010. The van der Waals surface area contributed by atoms with Gasteiger partial charge in [0.25, 0.3) is 5.91 Å². The number of aryl methyl sites for hydroxylation is 1. The smallest absolute Gasteiger partial charge is 0.272 e. The van der Waals surface area contributed by atoms with Crippen molar-refractivity contribution in [2.24, 2.45) is 5.10 Å². The summed E-state index contributed by atoms with van der Waals surface area (Å²) >= 11 is 0. The molecule has 28 heavy (non-hydrogen) atoms. The number of fused-ring (bicyclic) bond motifs is 1. The zero-order valence-corrected chi connectivity index (χ0v) is 16.5. The molecule has 5 nitrogen and oxygen atoms in total. The highest BCUT2D eigenvalue weighted by atomic mass is 16.5. The molecule has 0 bridgehead atoms. The largest absolute Gasteiger partial charge is 0.504 e. The molecular weight excluding hydrogens is 352 g/mol. The zero-order valence-electron chi connectivity index (χ0n) is 16.5. The van der Waals surface area contributed by atoms with Gasteiger partial charge in [-0.1, -0.05) is 44.2 Å². The molecule has 0 saturated carbocycles. The molecule has 0 saturated heterocycles. The van der Waals surface area contributed by atoms with Gasteiger partial charge in [-0.15, -0.1) is 0 Å². The van der Waals surface area contributed by atoms with E-state index in [1.165, 1.54) is 18.9 Å². The van der Waals surface area contributed by atoms with Crippen molar-refractivity contribution in [3.63, 3.8) is 0 Å². The SMILES string of the molecule is COc1cccc(C=NNC(=O)c2cc(C)c3cccc(C(C)C)cc2-3)c1O. The van der Waals surface area contributed by atoms with E-state index < -0.39 is 0 Å². The van der Waals surface area contributed by atoms with E-state index in [1.807, 2.05) is 25.1 Å². The summed E-state index contributed by atoms with van der Waals surface area (Å²) in [5.41, 5.74) is 7.75. The van der Waals surface area contributed by atoms with Crippen molar-refractivity contribution in [1.82, 2.24) is 5.43 Å². The molecule has 0 radical (unpaired) electrons. The number of methoxy groups -OCH3 is 1. The number of rotatable bonds is 5. The van der Waals surface area contributed by atoms with Crippen LogP contribution in [0.15, 0.2) is 53.6 Å². The molecule has 3 rings (SSSR count). The predicted octanol–water partition coefficient (Wildman–Crippen LogP) is 4.70. The maximum atomic E-state index is 12.7. The lowest BCUT2D eigenvalue weighted by Gasteiger charge is -2.06. The van der Waals surface area contributed by atoms with E-state index in [0.717, 1.165) is 16.7 Å². The molecule has 2 aliphatic rings. The number of nitrogens with one attached hydrogen (secondary N) is 1. The van der Waals surface area contributed by atoms with Crippen molar-refractivity contribution in [3.05, 3.63) is 70.8 Å². The average Bonchev–Trinajstić information content (AvgIpc) is 2.84. The average molecular weight is 376 g/mol. The molecule has 5 heteroatoms. The molecule has 144 valence electrons. The minimum absolute atomic E-state index is 0.0220. The van der Waals surface area contributed by atoms with E-state index in [2.05, 4.69) is 36.5 Å². The summed E-state index contributed by atoms with van der Waals surface area (Å²) in [4.78, 5) is 12.7. The lowest BCUT2D eigenvalue weighted by atomic mass is 10.0. The van der Waals surface area contributed by atoms with Gasteiger partial charge in [0.2, 0.25) is 0 Å². The number of phenols is 1. The molecule has 0 unspecified atom stereocenters. The Morgan fingerprint density at radius 2 is 1.89 bits per heavy atom. The van der Waals surface area contributed by atoms with Crippen molar-refractivity contribution in [1.29, 1.82) is 0 Å². The third kappa shape index (κ3) is 3.83. The normalized spacial score (nSPS) is 11.3. The van der Waals surface area contributed by atoms with Gasteiger partial charge in [0.15, 0.2) is 11.5 Å². The first-order chi connectivity index (χ1) is 13.4. The van der Waals surface area contributed by atoms with Crippen LogP contribution in [0.1, 0.15) is 46.8 Å². The molecule has 1 amide bonds. The van der Waals surface area contributed by atoms with Crippen LogP contribution in [0.5, 0.6) is 11.5 Å². The van der Waals surface area contributed by atoms with Crippen LogP contribution in [-0.4, -0.2) is 24.3 Å². The molecule has 0 fully saturated rings. The number of ether oxygens (including phenoxy) is 1. The predicted molar refractivity (Wildman–Crippen MR) is 112 cm³/mol. The summed E-state index contributed by atoms with van der Waals surface area (Å²) in [6.45, 7) is 6.24. The summed E-state index contributed by atoms with van der Waals surface area (Å²) in [5, 5.41) is 14.1. The van der Waals surface area contributed by atoms with E-state index >= 15 is 0 Å². The Hall–Kier alpha value is -3.34. The van der Waals surface area contributed by atoms with Crippen LogP contribution >= 0.6 is 0 Å². The zero-order chi connectivity index (χ0) is 20.3. The second kappa shape index (κ2) is 8.13. The number of aromatic hydroxyl groups is 1. The van der Waals surface area contributed by atoms with Crippen LogP contribution in [0, 0.1) is 6.92 Å². The van der Waals surface area contributed by atoms with E-state index in [9.17, 15) is 9.90 Å². The van der Waals surface area contributed by atoms with Crippen LogP contribution in [0.25, 0.3) is 11.1 Å².